The minimum absolute atomic E-state index is 0.0118. The number of nitrogens with one attached hydrogen (secondary N) is 1. The highest BCUT2D eigenvalue weighted by Crippen LogP contribution is 2.22. The Kier molecular flexibility index (Phi) is 6.05. The Morgan fingerprint density at radius 1 is 1.41 bits per heavy atom. The maximum atomic E-state index is 12.1. The Morgan fingerprint density at radius 2 is 2.05 bits per heavy atom. The first kappa shape index (κ1) is 18.1. The molecule has 2 N–H and O–H groups in total. The summed E-state index contributed by atoms with van der Waals surface area (Å²) in [5.41, 5.74) is 1.12. The summed E-state index contributed by atoms with van der Waals surface area (Å²) in [5.74, 6) is -0.244. The minimum Gasteiger partial charge on any atom is -0.394 e. The number of carbonyl (C=O) groups excluding carboxylic acids is 1. The van der Waals surface area contributed by atoms with Gasteiger partial charge in [-0.3, -0.25) is 14.9 Å². The summed E-state index contributed by atoms with van der Waals surface area (Å²) in [6, 6.07) is 4.39. The Morgan fingerprint density at radius 3 is 2.55 bits per heavy atom. The van der Waals surface area contributed by atoms with Crippen LogP contribution >= 0.6 is 0 Å². The zero-order valence-corrected chi connectivity index (χ0v) is 13.5. The molecule has 0 fully saturated rings. The number of rotatable bonds is 6. The number of amides is 1. The van der Waals surface area contributed by atoms with Crippen LogP contribution in [0.1, 0.15) is 38.3 Å². The molecule has 0 aliphatic heterocycles. The molecule has 0 radical (unpaired) electrons. The quantitative estimate of drug-likeness (QED) is 0.623. The third-order valence-electron chi connectivity index (χ3n) is 3.41. The molecule has 0 saturated heterocycles. The fourth-order valence-electron chi connectivity index (χ4n) is 2.41. The first-order valence-electron chi connectivity index (χ1n) is 7.27. The van der Waals surface area contributed by atoms with Crippen molar-refractivity contribution in [2.45, 2.75) is 46.6 Å². The van der Waals surface area contributed by atoms with E-state index in [-0.39, 0.29) is 36.1 Å². The smallest absolute Gasteiger partial charge is 0.272 e. The van der Waals surface area contributed by atoms with Gasteiger partial charge < -0.3 is 10.4 Å². The molecule has 0 aliphatic carbocycles. The van der Waals surface area contributed by atoms with Crippen molar-refractivity contribution in [1.29, 1.82) is 0 Å². The van der Waals surface area contributed by atoms with Gasteiger partial charge in [-0.05, 0) is 24.3 Å². The van der Waals surface area contributed by atoms with Crippen molar-refractivity contribution < 1.29 is 14.8 Å². The van der Waals surface area contributed by atoms with Gasteiger partial charge in [0.15, 0.2) is 0 Å². The number of benzene rings is 1. The van der Waals surface area contributed by atoms with E-state index in [9.17, 15) is 20.0 Å². The van der Waals surface area contributed by atoms with Gasteiger partial charge in [0, 0.05) is 11.6 Å². The molecule has 0 saturated carbocycles. The summed E-state index contributed by atoms with van der Waals surface area (Å²) >= 11 is 0. The summed E-state index contributed by atoms with van der Waals surface area (Å²) in [6.07, 6.45) is 0.720. The van der Waals surface area contributed by atoms with E-state index in [0.717, 1.165) is 0 Å². The summed E-state index contributed by atoms with van der Waals surface area (Å²) in [4.78, 5) is 22.6. The number of nitrogens with zero attached hydrogens (tertiary/aromatic N) is 1. The fraction of sp³-hybridized carbons (Fsp3) is 0.562. The number of aliphatic hydroxyl groups excluding tert-OH is 1. The van der Waals surface area contributed by atoms with Crippen LogP contribution in [0, 0.1) is 22.5 Å². The molecule has 122 valence electrons. The number of aliphatic hydroxyl groups is 1. The third kappa shape index (κ3) is 5.44. The zero-order valence-electron chi connectivity index (χ0n) is 13.5. The van der Waals surface area contributed by atoms with Crippen LogP contribution in [-0.2, 0) is 11.2 Å². The standard InChI is InChI=1S/C16H24N2O4/c1-11-12(6-5-7-14(11)18(21)22)8-15(20)17-13(10-19)9-16(2,3)4/h5-7,13,19H,8-10H2,1-4H3,(H,17,20). The Hall–Kier alpha value is -1.95. The summed E-state index contributed by atoms with van der Waals surface area (Å²) < 4.78 is 0. The SMILES string of the molecule is Cc1c(CC(=O)NC(CO)CC(C)(C)C)cccc1[N+](=O)[O-]. The van der Waals surface area contributed by atoms with Crippen LogP contribution in [-0.4, -0.2) is 28.6 Å². The van der Waals surface area contributed by atoms with Gasteiger partial charge in [0.05, 0.1) is 24.0 Å². The number of carbonyl (C=O) groups is 1. The number of nitro benzene ring substituents is 1. The fourth-order valence-corrected chi connectivity index (χ4v) is 2.41. The maximum absolute atomic E-state index is 12.1. The number of hydrogen-bond donors (Lipinski definition) is 2. The number of hydrogen-bond acceptors (Lipinski definition) is 4. The number of nitro groups is 1. The second-order valence-corrected chi connectivity index (χ2v) is 6.71. The molecule has 6 nitrogen and oxygen atoms in total. The molecule has 1 unspecified atom stereocenters. The van der Waals surface area contributed by atoms with Crippen LogP contribution in [0.4, 0.5) is 5.69 Å². The molecular formula is C16H24N2O4. The predicted molar refractivity (Wildman–Crippen MR) is 84.6 cm³/mol. The van der Waals surface area contributed by atoms with E-state index >= 15 is 0 Å². The van der Waals surface area contributed by atoms with Crippen LogP contribution in [0.2, 0.25) is 0 Å². The highest BCUT2D eigenvalue weighted by molar-refractivity contribution is 5.79. The van der Waals surface area contributed by atoms with E-state index in [2.05, 4.69) is 5.32 Å². The molecule has 0 heterocycles. The van der Waals surface area contributed by atoms with Gasteiger partial charge in [-0.1, -0.05) is 32.9 Å². The van der Waals surface area contributed by atoms with Crippen LogP contribution in [0.5, 0.6) is 0 Å². The van der Waals surface area contributed by atoms with E-state index in [1.165, 1.54) is 6.07 Å². The van der Waals surface area contributed by atoms with Gasteiger partial charge in [-0.25, -0.2) is 0 Å². The molecule has 1 atom stereocenters. The minimum atomic E-state index is -0.452. The lowest BCUT2D eigenvalue weighted by molar-refractivity contribution is -0.385. The highest BCUT2D eigenvalue weighted by atomic mass is 16.6. The molecule has 22 heavy (non-hydrogen) atoms. The third-order valence-corrected chi connectivity index (χ3v) is 3.41. The molecule has 1 aromatic carbocycles. The molecule has 0 aromatic heterocycles. The normalized spacial score (nSPS) is 12.8. The Labute approximate surface area is 130 Å². The van der Waals surface area contributed by atoms with Gasteiger partial charge in [0.2, 0.25) is 5.91 Å². The Bertz CT molecular complexity index is 550. The first-order chi connectivity index (χ1) is 10.1. The van der Waals surface area contributed by atoms with Crippen molar-refractivity contribution in [3.8, 4) is 0 Å². The average Bonchev–Trinajstić information content (AvgIpc) is 2.38. The molecule has 0 spiro atoms. The van der Waals surface area contributed by atoms with Crippen LogP contribution < -0.4 is 5.32 Å². The van der Waals surface area contributed by atoms with Crippen molar-refractivity contribution >= 4 is 11.6 Å². The van der Waals surface area contributed by atoms with Gasteiger partial charge in [0.1, 0.15) is 0 Å². The summed E-state index contributed by atoms with van der Waals surface area (Å²) in [6.45, 7) is 7.61. The molecule has 0 aliphatic rings. The van der Waals surface area contributed by atoms with Gasteiger partial charge in [0.25, 0.3) is 5.69 Å². The van der Waals surface area contributed by atoms with Crippen molar-refractivity contribution in [2.24, 2.45) is 5.41 Å². The monoisotopic (exact) mass is 308 g/mol. The van der Waals surface area contributed by atoms with E-state index in [4.69, 9.17) is 0 Å². The summed E-state index contributed by atoms with van der Waals surface area (Å²) in [7, 11) is 0. The van der Waals surface area contributed by atoms with E-state index in [1.54, 1.807) is 19.1 Å². The maximum Gasteiger partial charge on any atom is 0.272 e. The lowest BCUT2D eigenvalue weighted by Crippen LogP contribution is -2.40. The zero-order chi connectivity index (χ0) is 16.9. The molecule has 1 rings (SSSR count). The molecule has 6 heteroatoms. The van der Waals surface area contributed by atoms with E-state index in [1.807, 2.05) is 20.8 Å². The topological polar surface area (TPSA) is 92.5 Å². The molecule has 0 bridgehead atoms. The van der Waals surface area contributed by atoms with Crippen molar-refractivity contribution in [2.75, 3.05) is 6.61 Å². The average molecular weight is 308 g/mol. The van der Waals surface area contributed by atoms with Crippen LogP contribution in [0.3, 0.4) is 0 Å². The molecule has 1 aromatic rings. The van der Waals surface area contributed by atoms with Gasteiger partial charge >= 0.3 is 0 Å². The van der Waals surface area contributed by atoms with Crippen molar-refractivity contribution in [3.05, 3.63) is 39.4 Å². The van der Waals surface area contributed by atoms with Crippen molar-refractivity contribution in [3.63, 3.8) is 0 Å². The predicted octanol–water partition coefficient (Wildman–Crippen LogP) is 2.36. The van der Waals surface area contributed by atoms with Crippen LogP contribution in [0.15, 0.2) is 18.2 Å². The van der Waals surface area contributed by atoms with E-state index in [0.29, 0.717) is 17.5 Å². The largest absolute Gasteiger partial charge is 0.394 e. The van der Waals surface area contributed by atoms with Crippen molar-refractivity contribution in [1.82, 2.24) is 5.32 Å². The second-order valence-electron chi connectivity index (χ2n) is 6.71. The molecular weight excluding hydrogens is 284 g/mol. The summed E-state index contributed by atoms with van der Waals surface area (Å²) in [5, 5.41) is 23.1. The van der Waals surface area contributed by atoms with E-state index < -0.39 is 4.92 Å². The lowest BCUT2D eigenvalue weighted by atomic mass is 9.88. The van der Waals surface area contributed by atoms with Crippen LogP contribution in [0.25, 0.3) is 0 Å². The second kappa shape index (κ2) is 7.35. The lowest BCUT2D eigenvalue weighted by Gasteiger charge is -2.25. The Balaban J connectivity index is 2.77. The van der Waals surface area contributed by atoms with Gasteiger partial charge in [-0.2, -0.15) is 0 Å². The first-order valence-corrected chi connectivity index (χ1v) is 7.27. The molecule has 1 amide bonds. The highest BCUT2D eigenvalue weighted by Gasteiger charge is 2.21. The van der Waals surface area contributed by atoms with Gasteiger partial charge in [-0.15, -0.1) is 0 Å².